The van der Waals surface area contributed by atoms with E-state index < -0.39 is 0 Å². The maximum absolute atomic E-state index is 12.2. The van der Waals surface area contributed by atoms with Crippen molar-refractivity contribution < 1.29 is 4.79 Å². The second-order valence-corrected chi connectivity index (χ2v) is 5.18. The minimum atomic E-state index is -0.271. The van der Waals surface area contributed by atoms with E-state index in [2.05, 4.69) is 43.1 Å². The molecule has 0 aliphatic carbocycles. The highest BCUT2D eigenvalue weighted by atomic mass is 127. The molecule has 0 bridgehead atoms. The van der Waals surface area contributed by atoms with Crippen LogP contribution in [-0.4, -0.2) is 21.1 Å². The van der Waals surface area contributed by atoms with Gasteiger partial charge in [0.05, 0.1) is 5.52 Å². The number of rotatable bonds is 2. The number of nitrogens with one attached hydrogen (secondary N) is 2. The van der Waals surface area contributed by atoms with Crippen molar-refractivity contribution in [1.29, 1.82) is 0 Å². The number of halogens is 1. The van der Waals surface area contributed by atoms with Gasteiger partial charge in [0.15, 0.2) is 5.69 Å². The lowest BCUT2D eigenvalue weighted by atomic mass is 10.2. The summed E-state index contributed by atoms with van der Waals surface area (Å²) in [5.74, 6) is 0.246. The molecule has 2 heterocycles. The minimum absolute atomic E-state index is 0.271. The van der Waals surface area contributed by atoms with Gasteiger partial charge in [-0.1, -0.05) is 18.2 Å². The van der Waals surface area contributed by atoms with Crippen molar-refractivity contribution in [2.24, 2.45) is 0 Å². The molecule has 6 heteroatoms. The molecule has 0 aliphatic heterocycles. The first-order chi connectivity index (χ1) is 9.24. The Bertz CT molecular complexity index is 753. The van der Waals surface area contributed by atoms with Gasteiger partial charge >= 0.3 is 0 Å². The van der Waals surface area contributed by atoms with Crippen LogP contribution in [0, 0.1) is 3.57 Å². The van der Waals surface area contributed by atoms with Gasteiger partial charge in [-0.2, -0.15) is 5.10 Å². The van der Waals surface area contributed by atoms with Gasteiger partial charge in [-0.15, -0.1) is 0 Å². The molecule has 3 rings (SSSR count). The van der Waals surface area contributed by atoms with Gasteiger partial charge in [-0.3, -0.25) is 9.89 Å². The highest BCUT2D eigenvalue weighted by Gasteiger charge is 2.14. The maximum Gasteiger partial charge on any atom is 0.277 e. The number of benzene rings is 1. The van der Waals surface area contributed by atoms with Crippen molar-refractivity contribution in [1.82, 2.24) is 15.2 Å². The summed E-state index contributed by atoms with van der Waals surface area (Å²) in [7, 11) is 0. The molecule has 2 N–H and O–H groups in total. The van der Waals surface area contributed by atoms with Gasteiger partial charge in [-0.05, 0) is 40.8 Å². The number of pyridine rings is 1. The number of H-pyrrole nitrogens is 1. The van der Waals surface area contributed by atoms with Gasteiger partial charge in [0.2, 0.25) is 0 Å². The van der Waals surface area contributed by atoms with Gasteiger partial charge < -0.3 is 5.32 Å². The van der Waals surface area contributed by atoms with Crippen LogP contribution in [-0.2, 0) is 0 Å². The molecule has 19 heavy (non-hydrogen) atoms. The summed E-state index contributed by atoms with van der Waals surface area (Å²) in [5.41, 5.74) is 1.21. The number of hydrogen-bond donors (Lipinski definition) is 2. The molecule has 0 saturated carbocycles. The van der Waals surface area contributed by atoms with Crippen molar-refractivity contribution in [2.75, 3.05) is 5.32 Å². The van der Waals surface area contributed by atoms with Gasteiger partial charge in [-0.25, -0.2) is 4.98 Å². The van der Waals surface area contributed by atoms with E-state index in [1.807, 2.05) is 30.3 Å². The lowest BCUT2D eigenvalue weighted by Gasteiger charge is -2.02. The number of nitrogens with zero attached hydrogens (tertiary/aromatic N) is 2. The van der Waals surface area contributed by atoms with Crippen LogP contribution in [0.1, 0.15) is 10.5 Å². The van der Waals surface area contributed by atoms with Crippen LogP contribution >= 0.6 is 22.6 Å². The third kappa shape index (κ3) is 2.43. The third-order valence-corrected chi connectivity index (χ3v) is 3.32. The summed E-state index contributed by atoms with van der Waals surface area (Å²) in [6.45, 7) is 0. The van der Waals surface area contributed by atoms with E-state index >= 15 is 0 Å². The molecule has 0 fully saturated rings. The van der Waals surface area contributed by atoms with Crippen molar-refractivity contribution in [2.45, 2.75) is 0 Å². The number of carbonyl (C=O) groups is 1. The van der Waals surface area contributed by atoms with E-state index in [1.54, 1.807) is 12.3 Å². The molecule has 1 amide bonds. The summed E-state index contributed by atoms with van der Waals surface area (Å²) in [4.78, 5) is 16.3. The van der Waals surface area contributed by atoms with Crippen LogP contribution in [0.5, 0.6) is 0 Å². The van der Waals surface area contributed by atoms with Crippen LogP contribution in [0.2, 0.25) is 0 Å². The standard InChI is InChI=1S/C13H9IN4O/c14-8-5-6-15-11(7-8)16-13(19)12-9-3-1-2-4-10(9)17-18-12/h1-7H,(H,17,18)(H,15,16,19). The van der Waals surface area contributed by atoms with E-state index in [0.717, 1.165) is 14.5 Å². The first-order valence-electron chi connectivity index (χ1n) is 5.60. The first kappa shape index (κ1) is 12.1. The Balaban J connectivity index is 1.92. The largest absolute Gasteiger partial charge is 0.305 e. The molecule has 0 aliphatic rings. The van der Waals surface area contributed by atoms with Gasteiger partial charge in [0.1, 0.15) is 5.82 Å². The fourth-order valence-electron chi connectivity index (χ4n) is 1.79. The van der Waals surface area contributed by atoms with Crippen molar-refractivity contribution >= 4 is 45.2 Å². The average Bonchev–Trinajstić information content (AvgIpc) is 2.82. The zero-order chi connectivity index (χ0) is 13.2. The van der Waals surface area contributed by atoms with E-state index in [-0.39, 0.29) is 5.91 Å². The fourth-order valence-corrected chi connectivity index (χ4v) is 2.24. The lowest BCUT2D eigenvalue weighted by Crippen LogP contribution is -2.13. The molecule has 0 unspecified atom stereocenters. The highest BCUT2D eigenvalue weighted by Crippen LogP contribution is 2.16. The topological polar surface area (TPSA) is 70.7 Å². The molecular formula is C13H9IN4O. The Hall–Kier alpha value is -1.96. The van der Waals surface area contributed by atoms with E-state index in [1.165, 1.54) is 0 Å². The number of fused-ring (bicyclic) bond motifs is 1. The molecule has 0 spiro atoms. The number of anilines is 1. The average molecular weight is 364 g/mol. The van der Waals surface area contributed by atoms with E-state index in [9.17, 15) is 4.79 Å². The summed E-state index contributed by atoms with van der Waals surface area (Å²) >= 11 is 2.17. The monoisotopic (exact) mass is 364 g/mol. The van der Waals surface area contributed by atoms with Crippen molar-refractivity contribution in [3.8, 4) is 0 Å². The second kappa shape index (κ2) is 4.96. The first-order valence-corrected chi connectivity index (χ1v) is 6.68. The van der Waals surface area contributed by atoms with Crippen molar-refractivity contribution in [3.05, 3.63) is 51.9 Å². The molecule has 0 atom stereocenters. The molecule has 0 saturated heterocycles. The normalized spacial score (nSPS) is 10.6. The molecule has 94 valence electrons. The SMILES string of the molecule is O=C(Nc1cc(I)ccn1)c1n[nH]c2ccccc12. The summed E-state index contributed by atoms with van der Waals surface area (Å²) in [6.07, 6.45) is 1.65. The predicted molar refractivity (Wildman–Crippen MR) is 81.0 cm³/mol. The predicted octanol–water partition coefficient (Wildman–Crippen LogP) is 2.81. The lowest BCUT2D eigenvalue weighted by molar-refractivity contribution is 0.102. The van der Waals surface area contributed by atoms with Crippen LogP contribution in [0.4, 0.5) is 5.82 Å². The fraction of sp³-hybridized carbons (Fsp3) is 0. The number of hydrogen-bond acceptors (Lipinski definition) is 3. The molecular weight excluding hydrogens is 355 g/mol. The van der Waals surface area contributed by atoms with E-state index in [0.29, 0.717) is 11.5 Å². The maximum atomic E-state index is 12.2. The van der Waals surface area contributed by atoms with Gasteiger partial charge in [0.25, 0.3) is 5.91 Å². The quantitative estimate of drug-likeness (QED) is 0.687. The number of aromatic amines is 1. The van der Waals surface area contributed by atoms with Crippen LogP contribution in [0.3, 0.4) is 0 Å². The Morgan fingerprint density at radius 1 is 1.26 bits per heavy atom. The van der Waals surface area contributed by atoms with Crippen LogP contribution in [0.15, 0.2) is 42.6 Å². The highest BCUT2D eigenvalue weighted by molar-refractivity contribution is 14.1. The minimum Gasteiger partial charge on any atom is -0.305 e. The van der Waals surface area contributed by atoms with Crippen LogP contribution in [0.25, 0.3) is 10.9 Å². The van der Waals surface area contributed by atoms with Crippen molar-refractivity contribution in [3.63, 3.8) is 0 Å². The molecule has 3 aromatic rings. The number of carbonyl (C=O) groups excluding carboxylic acids is 1. The zero-order valence-corrected chi connectivity index (χ0v) is 11.9. The second-order valence-electron chi connectivity index (χ2n) is 3.93. The number of amides is 1. The molecule has 1 aromatic carbocycles. The molecule has 0 radical (unpaired) electrons. The Morgan fingerprint density at radius 2 is 2.11 bits per heavy atom. The number of para-hydroxylation sites is 1. The summed E-state index contributed by atoms with van der Waals surface area (Å²) < 4.78 is 1.01. The number of aromatic nitrogens is 3. The Labute approximate surface area is 122 Å². The van der Waals surface area contributed by atoms with Crippen LogP contribution < -0.4 is 5.32 Å². The Kier molecular flexibility index (Phi) is 3.16. The van der Waals surface area contributed by atoms with E-state index in [4.69, 9.17) is 0 Å². The third-order valence-electron chi connectivity index (χ3n) is 2.65. The van der Waals surface area contributed by atoms with Gasteiger partial charge in [0, 0.05) is 15.2 Å². The summed E-state index contributed by atoms with van der Waals surface area (Å²) in [6, 6.07) is 11.2. The smallest absolute Gasteiger partial charge is 0.277 e. The molecule has 2 aromatic heterocycles. The molecule has 5 nitrogen and oxygen atoms in total. The zero-order valence-electron chi connectivity index (χ0n) is 9.72. The Morgan fingerprint density at radius 3 is 2.95 bits per heavy atom. The summed E-state index contributed by atoms with van der Waals surface area (Å²) in [5, 5.41) is 10.4.